The molecule has 7 nitrogen and oxygen atoms in total. The molecule has 0 unspecified atom stereocenters. The van der Waals surface area contributed by atoms with E-state index in [9.17, 15) is 4.79 Å². The molecule has 1 aromatic carbocycles. The van der Waals surface area contributed by atoms with Gasteiger partial charge in [-0.25, -0.2) is 0 Å². The molecule has 0 bridgehead atoms. The van der Waals surface area contributed by atoms with Crippen molar-refractivity contribution in [1.82, 2.24) is 14.8 Å². The number of aromatic nitrogens is 3. The Hall–Kier alpha value is -2.22. The smallest absolute Gasteiger partial charge is 0.234 e. The number of hydrogen-bond acceptors (Lipinski definition) is 6. The predicted molar refractivity (Wildman–Crippen MR) is 101 cm³/mol. The van der Waals surface area contributed by atoms with Crippen molar-refractivity contribution in [3.63, 3.8) is 0 Å². The van der Waals surface area contributed by atoms with Crippen LogP contribution in [0, 0.1) is 6.92 Å². The first kappa shape index (κ1) is 18.6. The summed E-state index contributed by atoms with van der Waals surface area (Å²) in [6.07, 6.45) is 2.32. The molecule has 1 saturated carbocycles. The molecule has 1 aliphatic rings. The molecule has 0 saturated heterocycles. The average molecular weight is 376 g/mol. The van der Waals surface area contributed by atoms with Gasteiger partial charge in [-0.05, 0) is 45.7 Å². The van der Waals surface area contributed by atoms with Crippen molar-refractivity contribution < 1.29 is 14.3 Å². The topological polar surface area (TPSA) is 78.3 Å². The predicted octanol–water partition coefficient (Wildman–Crippen LogP) is 3.45. The molecule has 1 amide bonds. The zero-order chi connectivity index (χ0) is 18.5. The largest absolute Gasteiger partial charge is 0.490 e. The van der Waals surface area contributed by atoms with Crippen molar-refractivity contribution in [2.45, 2.75) is 44.8 Å². The lowest BCUT2D eigenvalue weighted by Gasteiger charge is -2.13. The van der Waals surface area contributed by atoms with Crippen LogP contribution in [0.25, 0.3) is 0 Å². The summed E-state index contributed by atoms with van der Waals surface area (Å²) in [6.45, 7) is 6.87. The van der Waals surface area contributed by atoms with E-state index in [2.05, 4.69) is 20.1 Å². The summed E-state index contributed by atoms with van der Waals surface area (Å²) < 4.78 is 13.3. The Balaban J connectivity index is 1.60. The van der Waals surface area contributed by atoms with Crippen molar-refractivity contribution in [1.29, 1.82) is 0 Å². The maximum Gasteiger partial charge on any atom is 0.234 e. The molecule has 1 N–H and O–H groups in total. The van der Waals surface area contributed by atoms with Gasteiger partial charge in [-0.3, -0.25) is 4.79 Å². The molecule has 3 rings (SSSR count). The van der Waals surface area contributed by atoms with Crippen molar-refractivity contribution in [3.8, 4) is 11.5 Å². The van der Waals surface area contributed by atoms with Crippen molar-refractivity contribution in [3.05, 3.63) is 24.0 Å². The van der Waals surface area contributed by atoms with Gasteiger partial charge in [-0.2, -0.15) is 0 Å². The van der Waals surface area contributed by atoms with E-state index in [-0.39, 0.29) is 11.7 Å². The van der Waals surface area contributed by atoms with Gasteiger partial charge in [0.15, 0.2) is 16.7 Å². The van der Waals surface area contributed by atoms with Crippen LogP contribution in [0.4, 0.5) is 5.69 Å². The lowest BCUT2D eigenvalue weighted by atomic mass is 10.2. The molecule has 0 atom stereocenters. The third-order valence-electron chi connectivity index (χ3n) is 3.91. The van der Waals surface area contributed by atoms with Crippen LogP contribution < -0.4 is 14.8 Å². The molecule has 1 aromatic heterocycles. The molecule has 2 aromatic rings. The minimum absolute atomic E-state index is 0.0930. The fraction of sp³-hybridized carbons (Fsp3) is 0.500. The SMILES string of the molecule is CCOc1ccc(NC(=O)CSc2nnc(C)n2C2CC2)cc1OCC. The van der Waals surface area contributed by atoms with Gasteiger partial charge < -0.3 is 19.4 Å². The van der Waals surface area contributed by atoms with Crippen LogP contribution in [0.15, 0.2) is 23.4 Å². The fourth-order valence-corrected chi connectivity index (χ4v) is 3.51. The Labute approximate surface area is 157 Å². The van der Waals surface area contributed by atoms with Gasteiger partial charge in [0.2, 0.25) is 5.91 Å². The number of nitrogens with zero attached hydrogens (tertiary/aromatic N) is 3. The van der Waals surface area contributed by atoms with Gasteiger partial charge in [0.05, 0.1) is 19.0 Å². The van der Waals surface area contributed by atoms with E-state index in [1.54, 1.807) is 6.07 Å². The Bertz CT molecular complexity index is 774. The highest BCUT2D eigenvalue weighted by molar-refractivity contribution is 7.99. The molecule has 0 radical (unpaired) electrons. The van der Waals surface area contributed by atoms with E-state index in [0.717, 1.165) is 23.8 Å². The van der Waals surface area contributed by atoms with Gasteiger partial charge in [-0.1, -0.05) is 11.8 Å². The van der Waals surface area contributed by atoms with Gasteiger partial charge in [-0.15, -0.1) is 10.2 Å². The number of aryl methyl sites for hydroxylation is 1. The van der Waals surface area contributed by atoms with E-state index in [0.29, 0.717) is 36.4 Å². The third kappa shape index (κ3) is 4.49. The molecule has 0 aliphatic heterocycles. The highest BCUT2D eigenvalue weighted by Gasteiger charge is 2.28. The van der Waals surface area contributed by atoms with Crippen molar-refractivity contribution in [2.75, 3.05) is 24.3 Å². The summed E-state index contributed by atoms with van der Waals surface area (Å²) >= 11 is 1.41. The maximum absolute atomic E-state index is 12.3. The monoisotopic (exact) mass is 376 g/mol. The molecule has 26 heavy (non-hydrogen) atoms. The minimum atomic E-state index is -0.0930. The number of nitrogens with one attached hydrogen (secondary N) is 1. The lowest BCUT2D eigenvalue weighted by molar-refractivity contribution is -0.113. The summed E-state index contributed by atoms with van der Waals surface area (Å²) in [5, 5.41) is 12.0. The number of carbonyl (C=O) groups excluding carboxylic acids is 1. The van der Waals surface area contributed by atoms with Gasteiger partial charge in [0, 0.05) is 17.8 Å². The van der Waals surface area contributed by atoms with E-state index < -0.39 is 0 Å². The second kappa shape index (κ2) is 8.44. The van der Waals surface area contributed by atoms with Crippen LogP contribution in [0.2, 0.25) is 0 Å². The minimum Gasteiger partial charge on any atom is -0.490 e. The van der Waals surface area contributed by atoms with Crippen LogP contribution >= 0.6 is 11.8 Å². The number of ether oxygens (including phenoxy) is 2. The lowest BCUT2D eigenvalue weighted by Crippen LogP contribution is -2.15. The standard InChI is InChI=1S/C18H24N4O3S/c1-4-24-15-9-6-13(10-16(15)25-5-2)19-17(23)11-26-18-21-20-12(3)22(18)14-7-8-14/h6,9-10,14H,4-5,7-8,11H2,1-3H3,(H,19,23). The number of thioether (sulfide) groups is 1. The highest BCUT2D eigenvalue weighted by atomic mass is 32.2. The molecule has 1 fully saturated rings. The number of rotatable bonds is 9. The summed E-state index contributed by atoms with van der Waals surface area (Å²) in [5.74, 6) is 2.40. The first-order chi connectivity index (χ1) is 12.6. The van der Waals surface area contributed by atoms with Crippen molar-refractivity contribution >= 4 is 23.4 Å². The Morgan fingerprint density at radius 3 is 2.65 bits per heavy atom. The second-order valence-corrected chi connectivity index (χ2v) is 6.94. The fourth-order valence-electron chi connectivity index (χ4n) is 2.66. The van der Waals surface area contributed by atoms with Crippen LogP contribution in [-0.4, -0.2) is 39.6 Å². The van der Waals surface area contributed by atoms with Crippen LogP contribution in [0.1, 0.15) is 38.6 Å². The van der Waals surface area contributed by atoms with E-state index >= 15 is 0 Å². The van der Waals surface area contributed by atoms with E-state index in [1.807, 2.05) is 32.9 Å². The third-order valence-corrected chi connectivity index (χ3v) is 4.85. The summed E-state index contributed by atoms with van der Waals surface area (Å²) in [5.41, 5.74) is 0.683. The molecular formula is C18H24N4O3S. The maximum atomic E-state index is 12.3. The van der Waals surface area contributed by atoms with Gasteiger partial charge >= 0.3 is 0 Å². The number of benzene rings is 1. The number of anilines is 1. The van der Waals surface area contributed by atoms with Crippen LogP contribution in [0.3, 0.4) is 0 Å². The van der Waals surface area contributed by atoms with E-state index in [1.165, 1.54) is 11.8 Å². The first-order valence-corrected chi connectivity index (χ1v) is 9.84. The normalized spacial score (nSPS) is 13.5. The zero-order valence-corrected chi connectivity index (χ0v) is 16.1. The molecule has 1 heterocycles. The summed E-state index contributed by atoms with van der Waals surface area (Å²) in [7, 11) is 0. The average Bonchev–Trinajstić information content (AvgIpc) is 3.38. The first-order valence-electron chi connectivity index (χ1n) is 8.86. The molecule has 8 heteroatoms. The molecule has 0 spiro atoms. The molecule has 1 aliphatic carbocycles. The van der Waals surface area contributed by atoms with Crippen LogP contribution in [-0.2, 0) is 4.79 Å². The van der Waals surface area contributed by atoms with Gasteiger partial charge in [0.1, 0.15) is 5.82 Å². The summed E-state index contributed by atoms with van der Waals surface area (Å²) in [6, 6.07) is 5.90. The quantitative estimate of drug-likeness (QED) is 0.676. The number of carbonyl (C=O) groups is 1. The molecule has 140 valence electrons. The zero-order valence-electron chi connectivity index (χ0n) is 15.3. The van der Waals surface area contributed by atoms with E-state index in [4.69, 9.17) is 9.47 Å². The van der Waals surface area contributed by atoms with Crippen LogP contribution in [0.5, 0.6) is 11.5 Å². The summed E-state index contributed by atoms with van der Waals surface area (Å²) in [4.78, 5) is 12.3. The Morgan fingerprint density at radius 1 is 1.23 bits per heavy atom. The van der Waals surface area contributed by atoms with Gasteiger partial charge in [0.25, 0.3) is 0 Å². The number of amides is 1. The molecular weight excluding hydrogens is 352 g/mol. The van der Waals surface area contributed by atoms with Crippen molar-refractivity contribution in [2.24, 2.45) is 0 Å². The highest BCUT2D eigenvalue weighted by Crippen LogP contribution is 2.38. The second-order valence-electron chi connectivity index (χ2n) is 6.00. The number of hydrogen-bond donors (Lipinski definition) is 1. The Morgan fingerprint density at radius 2 is 1.96 bits per heavy atom. The Kier molecular flexibility index (Phi) is 6.03.